The predicted molar refractivity (Wildman–Crippen MR) is 158 cm³/mol. The van der Waals surface area contributed by atoms with E-state index < -0.39 is 28.5 Å². The smallest absolute Gasteiger partial charge is 0.244 e. The lowest BCUT2D eigenvalue weighted by atomic mass is 10.0. The molecule has 0 radical (unpaired) electrons. The Morgan fingerprint density at radius 1 is 0.897 bits per heavy atom. The molecule has 0 heterocycles. The molecule has 39 heavy (non-hydrogen) atoms. The van der Waals surface area contributed by atoms with E-state index in [-0.39, 0.29) is 34.6 Å². The number of rotatable bonds is 12. The predicted octanol–water partition coefficient (Wildman–Crippen LogP) is 5.58. The fourth-order valence-corrected chi connectivity index (χ4v) is 5.53. The van der Waals surface area contributed by atoms with Crippen molar-refractivity contribution in [3.63, 3.8) is 0 Å². The van der Waals surface area contributed by atoms with Crippen molar-refractivity contribution in [2.24, 2.45) is 0 Å². The third-order valence-electron chi connectivity index (χ3n) is 5.92. The molecule has 1 atom stereocenters. The maximum atomic E-state index is 14.0. The van der Waals surface area contributed by atoms with E-state index in [4.69, 9.17) is 34.8 Å². The highest BCUT2D eigenvalue weighted by Crippen LogP contribution is 2.31. The Kier molecular flexibility index (Phi) is 11.1. The van der Waals surface area contributed by atoms with Crippen molar-refractivity contribution in [2.45, 2.75) is 32.4 Å². The van der Waals surface area contributed by atoms with Gasteiger partial charge in [-0.2, -0.15) is 0 Å². The third-order valence-corrected chi connectivity index (χ3v) is 7.83. The van der Waals surface area contributed by atoms with E-state index in [1.54, 1.807) is 24.3 Å². The Balaban J connectivity index is 2.07. The quantitative estimate of drug-likeness (QED) is 0.290. The maximum absolute atomic E-state index is 14.0. The number of sulfonamides is 1. The maximum Gasteiger partial charge on any atom is 0.244 e. The van der Waals surface area contributed by atoms with Gasteiger partial charge in [0.05, 0.1) is 17.0 Å². The summed E-state index contributed by atoms with van der Waals surface area (Å²) in [6.07, 6.45) is 1.91. The van der Waals surface area contributed by atoms with Crippen molar-refractivity contribution >= 4 is 62.3 Å². The largest absolute Gasteiger partial charge is 0.354 e. The Morgan fingerprint density at radius 2 is 1.56 bits per heavy atom. The molecule has 0 saturated carbocycles. The minimum Gasteiger partial charge on any atom is -0.354 e. The van der Waals surface area contributed by atoms with E-state index in [1.807, 2.05) is 37.3 Å². The number of nitrogens with one attached hydrogen (secondary N) is 1. The van der Waals surface area contributed by atoms with Crippen LogP contribution < -0.4 is 9.62 Å². The number of nitrogens with zero attached hydrogens (tertiary/aromatic N) is 2. The molecule has 0 spiro atoms. The van der Waals surface area contributed by atoms with Crippen LogP contribution >= 0.6 is 34.8 Å². The molecule has 3 rings (SSSR count). The van der Waals surface area contributed by atoms with Gasteiger partial charge in [-0.15, -0.1) is 0 Å². The second-order valence-electron chi connectivity index (χ2n) is 9.01. The molecule has 208 valence electrons. The minimum absolute atomic E-state index is 0.0251. The van der Waals surface area contributed by atoms with Gasteiger partial charge in [0.15, 0.2) is 0 Å². The number of anilines is 1. The molecule has 11 heteroatoms. The van der Waals surface area contributed by atoms with Crippen LogP contribution in [0.2, 0.25) is 15.1 Å². The van der Waals surface area contributed by atoms with E-state index in [9.17, 15) is 18.0 Å². The van der Waals surface area contributed by atoms with Crippen LogP contribution in [-0.4, -0.2) is 50.5 Å². The van der Waals surface area contributed by atoms with E-state index >= 15 is 0 Å². The van der Waals surface area contributed by atoms with Crippen molar-refractivity contribution in [3.05, 3.63) is 99.0 Å². The summed E-state index contributed by atoms with van der Waals surface area (Å²) >= 11 is 18.6. The summed E-state index contributed by atoms with van der Waals surface area (Å²) in [5.41, 5.74) is 1.59. The Hall–Kier alpha value is -2.78. The van der Waals surface area contributed by atoms with Crippen LogP contribution in [-0.2, 0) is 32.6 Å². The molecule has 3 aromatic rings. The zero-order valence-electron chi connectivity index (χ0n) is 21.6. The van der Waals surface area contributed by atoms with Crippen LogP contribution in [0.5, 0.6) is 0 Å². The number of amides is 2. The van der Waals surface area contributed by atoms with Gasteiger partial charge in [-0.1, -0.05) is 84.2 Å². The van der Waals surface area contributed by atoms with Crippen LogP contribution in [0, 0.1) is 0 Å². The Bertz CT molecular complexity index is 1400. The molecular weight excluding hydrogens is 581 g/mol. The van der Waals surface area contributed by atoms with Gasteiger partial charge in [0.1, 0.15) is 12.6 Å². The highest BCUT2D eigenvalue weighted by atomic mass is 35.5. The van der Waals surface area contributed by atoms with Crippen LogP contribution in [0.3, 0.4) is 0 Å². The molecule has 0 fully saturated rings. The molecule has 7 nitrogen and oxygen atoms in total. The first-order valence-electron chi connectivity index (χ1n) is 12.3. The first-order valence-corrected chi connectivity index (χ1v) is 15.3. The SMILES string of the molecule is CCCNC(=O)[C@@H](Cc1ccccc1)N(Cc1cccc(Cl)c1)C(=O)CN(c1cc(Cl)ccc1Cl)S(C)(=O)=O. The number of halogens is 3. The first-order chi connectivity index (χ1) is 18.5. The fourth-order valence-electron chi connectivity index (χ4n) is 4.02. The molecule has 1 N–H and O–H groups in total. The summed E-state index contributed by atoms with van der Waals surface area (Å²) in [7, 11) is -3.96. The topological polar surface area (TPSA) is 86.8 Å². The molecule has 0 aliphatic heterocycles. The number of benzene rings is 3. The lowest BCUT2D eigenvalue weighted by molar-refractivity contribution is -0.140. The van der Waals surface area contributed by atoms with Gasteiger partial charge in [-0.25, -0.2) is 8.42 Å². The summed E-state index contributed by atoms with van der Waals surface area (Å²) in [5, 5.41) is 3.73. The summed E-state index contributed by atoms with van der Waals surface area (Å²) in [5.74, 6) is -0.938. The molecule has 0 aliphatic carbocycles. The first kappa shape index (κ1) is 30.8. The second-order valence-corrected chi connectivity index (χ2v) is 12.2. The second kappa shape index (κ2) is 14.0. The molecule has 0 aliphatic rings. The fraction of sp³-hybridized carbons (Fsp3) is 0.286. The van der Waals surface area contributed by atoms with E-state index in [0.29, 0.717) is 23.6 Å². The van der Waals surface area contributed by atoms with Crippen LogP contribution in [0.25, 0.3) is 0 Å². The number of hydrogen-bond acceptors (Lipinski definition) is 4. The molecule has 3 aromatic carbocycles. The van der Waals surface area contributed by atoms with E-state index in [1.165, 1.54) is 23.1 Å². The molecule has 0 aromatic heterocycles. The van der Waals surface area contributed by atoms with Crippen LogP contribution in [0.4, 0.5) is 5.69 Å². The van der Waals surface area contributed by atoms with Crippen molar-refractivity contribution in [2.75, 3.05) is 23.7 Å². The zero-order chi connectivity index (χ0) is 28.6. The monoisotopic (exact) mass is 609 g/mol. The highest BCUT2D eigenvalue weighted by molar-refractivity contribution is 7.92. The highest BCUT2D eigenvalue weighted by Gasteiger charge is 2.33. The zero-order valence-corrected chi connectivity index (χ0v) is 24.7. The van der Waals surface area contributed by atoms with Gasteiger partial charge in [0, 0.05) is 29.6 Å². The van der Waals surface area contributed by atoms with Gasteiger partial charge in [0.2, 0.25) is 21.8 Å². The van der Waals surface area contributed by atoms with Crippen molar-refractivity contribution < 1.29 is 18.0 Å². The summed E-state index contributed by atoms with van der Waals surface area (Å²) < 4.78 is 26.6. The lowest BCUT2D eigenvalue weighted by Gasteiger charge is -2.33. The van der Waals surface area contributed by atoms with Crippen molar-refractivity contribution in [1.82, 2.24) is 10.2 Å². The third kappa shape index (κ3) is 8.86. The van der Waals surface area contributed by atoms with Gasteiger partial charge in [-0.3, -0.25) is 13.9 Å². The lowest BCUT2D eigenvalue weighted by Crippen LogP contribution is -2.53. The number of carbonyl (C=O) groups is 2. The van der Waals surface area contributed by atoms with Gasteiger partial charge >= 0.3 is 0 Å². The Labute approximate surface area is 244 Å². The Morgan fingerprint density at radius 3 is 2.21 bits per heavy atom. The molecule has 0 bridgehead atoms. The average Bonchev–Trinajstić information content (AvgIpc) is 2.89. The van der Waals surface area contributed by atoms with E-state index in [0.717, 1.165) is 16.1 Å². The molecule has 2 amide bonds. The normalized spacial score (nSPS) is 12.0. The molecule has 0 unspecified atom stereocenters. The summed E-state index contributed by atoms with van der Waals surface area (Å²) in [6, 6.07) is 19.7. The summed E-state index contributed by atoms with van der Waals surface area (Å²) in [4.78, 5) is 28.8. The van der Waals surface area contributed by atoms with E-state index in [2.05, 4.69) is 5.32 Å². The molecule has 0 saturated heterocycles. The standard InChI is InChI=1S/C28H30Cl3N3O4S/c1-3-14-32-28(36)26(16-20-8-5-4-6-9-20)33(18-21-10-7-11-22(29)15-21)27(35)19-34(39(2,37)38)25-17-23(30)12-13-24(25)31/h4-13,15,17,26H,3,14,16,18-19H2,1-2H3,(H,32,36)/t26-/m1/s1. The van der Waals surface area contributed by atoms with Crippen molar-refractivity contribution in [3.8, 4) is 0 Å². The summed E-state index contributed by atoms with van der Waals surface area (Å²) in [6.45, 7) is 1.79. The minimum atomic E-state index is -3.96. The average molecular weight is 611 g/mol. The van der Waals surface area contributed by atoms with Gasteiger partial charge in [-0.05, 0) is 47.9 Å². The van der Waals surface area contributed by atoms with Gasteiger partial charge < -0.3 is 10.2 Å². The molecular formula is C28H30Cl3N3O4S. The van der Waals surface area contributed by atoms with Crippen LogP contribution in [0.1, 0.15) is 24.5 Å². The number of hydrogen-bond donors (Lipinski definition) is 1. The van der Waals surface area contributed by atoms with Crippen LogP contribution in [0.15, 0.2) is 72.8 Å². The van der Waals surface area contributed by atoms with Crippen molar-refractivity contribution in [1.29, 1.82) is 0 Å². The van der Waals surface area contributed by atoms with Gasteiger partial charge in [0.25, 0.3) is 0 Å². The number of carbonyl (C=O) groups excluding carboxylic acids is 2.